The molecule has 0 saturated carbocycles. The Balaban J connectivity index is 1.73. The molecule has 30 heavy (non-hydrogen) atoms. The minimum absolute atomic E-state index is 0.317. The van der Waals surface area contributed by atoms with E-state index in [4.69, 9.17) is 23.2 Å². The predicted molar refractivity (Wildman–Crippen MR) is 117 cm³/mol. The summed E-state index contributed by atoms with van der Waals surface area (Å²) in [6, 6.07) is 22.0. The molecule has 0 aliphatic carbocycles. The normalized spacial score (nSPS) is 19.5. The summed E-state index contributed by atoms with van der Waals surface area (Å²) in [6.07, 6.45) is 1.76. The van der Waals surface area contributed by atoms with Crippen LogP contribution in [0.5, 0.6) is 0 Å². The van der Waals surface area contributed by atoms with Gasteiger partial charge in [0, 0.05) is 16.1 Å². The zero-order chi connectivity index (χ0) is 21.1. The van der Waals surface area contributed by atoms with Crippen LogP contribution in [0.2, 0.25) is 10.0 Å². The van der Waals surface area contributed by atoms with Gasteiger partial charge < -0.3 is 5.32 Å². The average Bonchev–Trinajstić information content (AvgIpc) is 3.05. The number of nitrogens with one attached hydrogen (secondary N) is 2. The minimum Gasteiger partial charge on any atom is -0.334 e. The zero-order valence-electron chi connectivity index (χ0n) is 15.8. The van der Waals surface area contributed by atoms with Gasteiger partial charge in [0.15, 0.2) is 6.04 Å². The first-order valence-electron chi connectivity index (χ1n) is 9.32. The van der Waals surface area contributed by atoms with Crippen molar-refractivity contribution in [3.05, 3.63) is 106 Å². The number of hydrogen-bond donors (Lipinski definition) is 2. The number of benzene rings is 3. The summed E-state index contributed by atoms with van der Waals surface area (Å²) in [7, 11) is 0. The molecule has 1 aliphatic heterocycles. The molecule has 1 aliphatic rings. The van der Waals surface area contributed by atoms with Crippen LogP contribution in [0.15, 0.2) is 78.9 Å². The van der Waals surface area contributed by atoms with Crippen molar-refractivity contribution in [2.75, 3.05) is 0 Å². The van der Waals surface area contributed by atoms with Gasteiger partial charge in [-0.25, -0.2) is 0 Å². The molecule has 3 aromatic carbocycles. The van der Waals surface area contributed by atoms with Crippen molar-refractivity contribution < 1.29 is 14.3 Å². The molecule has 150 valence electrons. The van der Waals surface area contributed by atoms with Crippen LogP contribution in [0.4, 0.5) is 0 Å². The Morgan fingerprint density at radius 1 is 0.933 bits per heavy atom. The number of halogens is 2. The van der Waals surface area contributed by atoms with E-state index in [9.17, 15) is 9.59 Å². The fourth-order valence-corrected chi connectivity index (χ4v) is 3.69. The van der Waals surface area contributed by atoms with Gasteiger partial charge >= 0.3 is 5.91 Å². The van der Waals surface area contributed by atoms with E-state index in [0.717, 1.165) is 11.1 Å². The molecule has 5 nitrogen and oxygen atoms in total. The standard InChI is InChI=1S/C23H17Cl2N3O2/c24-18-12-10-15(11-13-18)21-20(26-22(29)16-6-2-1-3-7-16)23(30)27-28(21)14-17-8-4-5-9-19(17)25/h1-14,20-21H,(H-,26,27,29,30)/p+1/b28-14-/t20-,21-/m0/s1. The first-order chi connectivity index (χ1) is 14.5. The van der Waals surface area contributed by atoms with Crippen LogP contribution in [0, 0.1) is 0 Å². The van der Waals surface area contributed by atoms with E-state index in [1.807, 2.05) is 36.4 Å². The van der Waals surface area contributed by atoms with Crippen molar-refractivity contribution in [2.24, 2.45) is 0 Å². The molecule has 7 heteroatoms. The fraction of sp³-hybridized carbons (Fsp3) is 0.0870. The Morgan fingerprint density at radius 2 is 1.60 bits per heavy atom. The molecule has 1 fully saturated rings. The van der Waals surface area contributed by atoms with E-state index in [0.29, 0.717) is 15.6 Å². The number of nitrogens with zero attached hydrogens (tertiary/aromatic N) is 1. The van der Waals surface area contributed by atoms with Crippen LogP contribution in [0.3, 0.4) is 0 Å². The number of carbonyl (C=O) groups is 2. The molecule has 1 saturated heterocycles. The van der Waals surface area contributed by atoms with Crippen LogP contribution in [-0.4, -0.2) is 28.8 Å². The van der Waals surface area contributed by atoms with Gasteiger partial charge in [0.25, 0.3) is 5.91 Å². The summed E-state index contributed by atoms with van der Waals surface area (Å²) >= 11 is 12.3. The molecule has 2 amide bonds. The van der Waals surface area contributed by atoms with E-state index < -0.39 is 12.1 Å². The van der Waals surface area contributed by atoms with E-state index in [-0.39, 0.29) is 11.8 Å². The Bertz CT molecular complexity index is 1110. The lowest BCUT2D eigenvalue weighted by Crippen LogP contribution is -2.42. The first kappa shape index (κ1) is 20.1. The van der Waals surface area contributed by atoms with Crippen LogP contribution in [0.25, 0.3) is 0 Å². The van der Waals surface area contributed by atoms with Gasteiger partial charge in [-0.1, -0.05) is 65.7 Å². The Kier molecular flexibility index (Phi) is 5.84. The molecule has 0 unspecified atom stereocenters. The zero-order valence-corrected chi connectivity index (χ0v) is 17.3. The third-order valence-electron chi connectivity index (χ3n) is 4.85. The number of carbonyl (C=O) groups excluding carboxylic acids is 2. The molecular weight excluding hydrogens is 421 g/mol. The summed E-state index contributed by atoms with van der Waals surface area (Å²) < 4.78 is 1.67. The largest absolute Gasteiger partial charge is 0.334 e. The highest BCUT2D eigenvalue weighted by Gasteiger charge is 2.47. The molecule has 0 bridgehead atoms. The highest BCUT2D eigenvalue weighted by molar-refractivity contribution is 6.33. The van der Waals surface area contributed by atoms with Crippen LogP contribution < -0.4 is 10.7 Å². The Morgan fingerprint density at radius 3 is 2.30 bits per heavy atom. The van der Waals surface area contributed by atoms with Gasteiger partial charge in [-0.05, 0) is 36.4 Å². The van der Waals surface area contributed by atoms with Gasteiger partial charge in [0.2, 0.25) is 12.3 Å². The summed E-state index contributed by atoms with van der Waals surface area (Å²) in [4.78, 5) is 25.6. The summed E-state index contributed by atoms with van der Waals surface area (Å²) in [5.74, 6) is -0.642. The maximum atomic E-state index is 12.8. The summed E-state index contributed by atoms with van der Waals surface area (Å²) in [6.45, 7) is 0. The number of amides is 2. The van der Waals surface area contributed by atoms with E-state index in [2.05, 4.69) is 10.7 Å². The molecule has 0 spiro atoms. The maximum Gasteiger partial charge on any atom is 0.304 e. The quantitative estimate of drug-likeness (QED) is 0.604. The smallest absolute Gasteiger partial charge is 0.304 e. The number of hydrazone groups is 1. The lowest BCUT2D eigenvalue weighted by molar-refractivity contribution is -0.596. The van der Waals surface area contributed by atoms with Gasteiger partial charge in [-0.15, -0.1) is 10.1 Å². The molecule has 0 aromatic heterocycles. The second kappa shape index (κ2) is 8.69. The van der Waals surface area contributed by atoms with Gasteiger partial charge in [-0.2, -0.15) is 0 Å². The topological polar surface area (TPSA) is 61.2 Å². The van der Waals surface area contributed by atoms with Crippen LogP contribution in [-0.2, 0) is 4.79 Å². The van der Waals surface area contributed by atoms with Crippen molar-refractivity contribution in [1.29, 1.82) is 0 Å². The van der Waals surface area contributed by atoms with E-state index >= 15 is 0 Å². The highest BCUT2D eigenvalue weighted by atomic mass is 35.5. The molecule has 2 atom stereocenters. The van der Waals surface area contributed by atoms with Crippen molar-refractivity contribution >= 4 is 41.2 Å². The molecular formula is C23H18Cl2N3O2+. The minimum atomic E-state index is -0.808. The van der Waals surface area contributed by atoms with Crippen molar-refractivity contribution in [3.8, 4) is 0 Å². The third kappa shape index (κ3) is 4.22. The van der Waals surface area contributed by atoms with Crippen molar-refractivity contribution in [1.82, 2.24) is 10.7 Å². The van der Waals surface area contributed by atoms with Crippen molar-refractivity contribution in [2.45, 2.75) is 12.1 Å². The van der Waals surface area contributed by atoms with Gasteiger partial charge in [-0.3, -0.25) is 9.59 Å². The van der Waals surface area contributed by atoms with Crippen molar-refractivity contribution in [3.63, 3.8) is 0 Å². The number of hydrazine groups is 1. The SMILES string of the molecule is O=C(N[C@@H]1C(=O)N/[N+](=C\c2ccccc2Cl)[C@H]1c1ccc(Cl)cc1)c1ccccc1. The molecule has 1 heterocycles. The van der Waals surface area contributed by atoms with Crippen LogP contribution in [0.1, 0.15) is 27.5 Å². The van der Waals surface area contributed by atoms with Crippen LogP contribution >= 0.6 is 23.2 Å². The number of rotatable bonds is 4. The summed E-state index contributed by atoms with van der Waals surface area (Å²) in [5, 5.41) is 4.00. The van der Waals surface area contributed by atoms with E-state index in [1.54, 1.807) is 53.4 Å². The first-order valence-corrected chi connectivity index (χ1v) is 10.1. The predicted octanol–water partition coefficient (Wildman–Crippen LogP) is 4.01. The molecule has 4 rings (SSSR count). The monoisotopic (exact) mass is 438 g/mol. The lowest BCUT2D eigenvalue weighted by Gasteiger charge is -2.15. The maximum absolute atomic E-state index is 12.8. The van der Waals surface area contributed by atoms with Gasteiger partial charge in [0.05, 0.1) is 10.6 Å². The second-order valence-electron chi connectivity index (χ2n) is 6.85. The average molecular weight is 439 g/mol. The third-order valence-corrected chi connectivity index (χ3v) is 5.45. The Labute approximate surface area is 183 Å². The van der Waals surface area contributed by atoms with E-state index in [1.165, 1.54) is 0 Å². The lowest BCUT2D eigenvalue weighted by atomic mass is 10.00. The molecule has 0 radical (unpaired) electrons. The Hall–Kier alpha value is -3.15. The van der Waals surface area contributed by atoms with Gasteiger partial charge in [0.1, 0.15) is 0 Å². The summed E-state index contributed by atoms with van der Waals surface area (Å²) in [5.41, 5.74) is 4.88. The second-order valence-corrected chi connectivity index (χ2v) is 7.69. The highest BCUT2D eigenvalue weighted by Crippen LogP contribution is 2.27. The molecule has 2 N–H and O–H groups in total. The fourth-order valence-electron chi connectivity index (χ4n) is 3.38. The molecule has 3 aromatic rings. The number of hydrogen-bond acceptors (Lipinski definition) is 2.